The lowest BCUT2D eigenvalue weighted by Gasteiger charge is -2.19. The summed E-state index contributed by atoms with van der Waals surface area (Å²) < 4.78 is 0. The number of carbonyl (C=O) groups excluding carboxylic acids is 2. The maximum atomic E-state index is 11.7. The molecule has 0 spiro atoms. The van der Waals surface area contributed by atoms with Crippen molar-refractivity contribution in [2.45, 2.75) is 46.6 Å². The van der Waals surface area contributed by atoms with Gasteiger partial charge in [0, 0.05) is 11.1 Å². The minimum Gasteiger partial charge on any atom is -0.343 e. The molecule has 1 aromatic rings. The summed E-state index contributed by atoms with van der Waals surface area (Å²) in [6, 6.07) is 5.85. The minimum absolute atomic E-state index is 0.465. The Morgan fingerprint density at radius 1 is 1.22 bits per heavy atom. The third kappa shape index (κ3) is 6.46. The lowest BCUT2D eigenvalue weighted by Crippen LogP contribution is -2.47. The molecule has 0 fully saturated rings. The fraction of sp³-hybridized carbons (Fsp3) is 0.389. The molecule has 0 atom stereocenters. The van der Waals surface area contributed by atoms with Gasteiger partial charge in [-0.15, -0.1) is 0 Å². The van der Waals surface area contributed by atoms with E-state index in [1.807, 2.05) is 31.2 Å². The number of nitrogens with zero attached hydrogens (tertiary/aromatic N) is 1. The zero-order valence-electron chi connectivity index (χ0n) is 14.4. The Kier molecular flexibility index (Phi) is 6.69. The summed E-state index contributed by atoms with van der Waals surface area (Å²) in [7, 11) is 0. The van der Waals surface area contributed by atoms with E-state index in [9.17, 15) is 9.59 Å². The van der Waals surface area contributed by atoms with Gasteiger partial charge in [-0.2, -0.15) is 5.10 Å². The van der Waals surface area contributed by atoms with Crippen LogP contribution in [0.4, 0.5) is 0 Å². The first-order chi connectivity index (χ1) is 10.7. The Bertz CT molecular complexity index is 626. The van der Waals surface area contributed by atoms with Gasteiger partial charge >= 0.3 is 11.8 Å². The van der Waals surface area contributed by atoms with Crippen molar-refractivity contribution in [2.24, 2.45) is 5.10 Å². The lowest BCUT2D eigenvalue weighted by atomic mass is 10.0. The predicted octanol–water partition coefficient (Wildman–Crippen LogP) is 2.78. The largest absolute Gasteiger partial charge is 0.343 e. The molecular formula is C18H25N3O2. The Morgan fingerprint density at radius 2 is 1.91 bits per heavy atom. The first kappa shape index (κ1) is 18.6. The predicted molar refractivity (Wildman–Crippen MR) is 94.1 cm³/mol. The van der Waals surface area contributed by atoms with Crippen molar-refractivity contribution in [1.29, 1.82) is 0 Å². The van der Waals surface area contributed by atoms with Gasteiger partial charge in [0.05, 0.1) is 6.21 Å². The monoisotopic (exact) mass is 315 g/mol. The minimum atomic E-state index is -0.783. The standard InChI is InChI=1S/C18H25N3O2/c1-6-7-11-15-13(2)9-8-10-14(15)12-19-21-17(23)16(22)20-18(3,4)5/h7-12H,6H2,1-5H3,(H,20,22)(H,21,23)/b11-7-,19-12+. The number of hydrogen-bond donors (Lipinski definition) is 2. The van der Waals surface area contributed by atoms with Crippen LogP contribution in [0.3, 0.4) is 0 Å². The highest BCUT2D eigenvalue weighted by Gasteiger charge is 2.19. The molecule has 0 radical (unpaired) electrons. The highest BCUT2D eigenvalue weighted by Crippen LogP contribution is 2.14. The van der Waals surface area contributed by atoms with Gasteiger partial charge in [-0.1, -0.05) is 37.3 Å². The van der Waals surface area contributed by atoms with Crippen LogP contribution in [-0.4, -0.2) is 23.6 Å². The SMILES string of the molecule is CC/C=C\c1c(C)cccc1/C=N/NC(=O)C(=O)NC(C)(C)C. The van der Waals surface area contributed by atoms with Crippen LogP contribution in [0.1, 0.15) is 50.8 Å². The molecule has 0 bridgehead atoms. The molecule has 0 aliphatic heterocycles. The summed E-state index contributed by atoms with van der Waals surface area (Å²) in [5.41, 5.74) is 4.83. The van der Waals surface area contributed by atoms with E-state index in [0.717, 1.165) is 23.1 Å². The molecule has 1 rings (SSSR count). The van der Waals surface area contributed by atoms with Gasteiger partial charge < -0.3 is 5.32 Å². The summed E-state index contributed by atoms with van der Waals surface area (Å²) in [6.07, 6.45) is 6.58. The summed E-state index contributed by atoms with van der Waals surface area (Å²) in [4.78, 5) is 23.3. The third-order valence-corrected chi connectivity index (χ3v) is 2.94. The van der Waals surface area contributed by atoms with Crippen molar-refractivity contribution >= 4 is 24.1 Å². The Morgan fingerprint density at radius 3 is 2.52 bits per heavy atom. The second-order valence-electron chi connectivity index (χ2n) is 6.29. The topological polar surface area (TPSA) is 70.6 Å². The Hall–Kier alpha value is -2.43. The summed E-state index contributed by atoms with van der Waals surface area (Å²) in [5.74, 6) is -1.49. The van der Waals surface area contributed by atoms with Crippen molar-refractivity contribution in [2.75, 3.05) is 0 Å². The molecule has 5 heteroatoms. The normalized spacial score (nSPS) is 11.9. The van der Waals surface area contributed by atoms with Crippen LogP contribution in [0, 0.1) is 6.92 Å². The van der Waals surface area contributed by atoms with Gasteiger partial charge in [-0.05, 0) is 45.2 Å². The average molecular weight is 315 g/mol. The molecule has 1 aromatic carbocycles. The molecule has 2 amide bonds. The lowest BCUT2D eigenvalue weighted by molar-refractivity contribution is -0.140. The molecule has 5 nitrogen and oxygen atoms in total. The number of hydrazone groups is 1. The van der Waals surface area contributed by atoms with E-state index < -0.39 is 17.4 Å². The molecule has 23 heavy (non-hydrogen) atoms. The average Bonchev–Trinajstić information content (AvgIpc) is 2.44. The van der Waals surface area contributed by atoms with Gasteiger partial charge in [-0.25, -0.2) is 5.43 Å². The zero-order chi connectivity index (χ0) is 17.5. The number of rotatable bonds is 4. The van der Waals surface area contributed by atoms with Crippen molar-refractivity contribution in [3.05, 3.63) is 41.0 Å². The van der Waals surface area contributed by atoms with Crippen molar-refractivity contribution < 1.29 is 9.59 Å². The summed E-state index contributed by atoms with van der Waals surface area (Å²) in [6.45, 7) is 9.50. The molecule has 2 N–H and O–H groups in total. The maximum absolute atomic E-state index is 11.7. The second kappa shape index (κ2) is 8.27. The third-order valence-electron chi connectivity index (χ3n) is 2.94. The fourth-order valence-corrected chi connectivity index (χ4v) is 1.89. The number of allylic oxidation sites excluding steroid dienone is 1. The highest BCUT2D eigenvalue weighted by molar-refractivity contribution is 6.35. The van der Waals surface area contributed by atoms with Crippen molar-refractivity contribution in [1.82, 2.24) is 10.7 Å². The molecule has 0 unspecified atom stereocenters. The van der Waals surface area contributed by atoms with Crippen molar-refractivity contribution in [3.63, 3.8) is 0 Å². The molecule has 0 aliphatic carbocycles. The van der Waals surface area contributed by atoms with E-state index in [1.54, 1.807) is 27.0 Å². The number of carbonyl (C=O) groups is 2. The molecule has 124 valence electrons. The van der Waals surface area contributed by atoms with Crippen LogP contribution in [0.15, 0.2) is 29.4 Å². The number of aryl methyl sites for hydroxylation is 1. The van der Waals surface area contributed by atoms with Gasteiger partial charge in [0.2, 0.25) is 0 Å². The Balaban J connectivity index is 2.79. The van der Waals surface area contributed by atoms with Gasteiger partial charge in [-0.3, -0.25) is 9.59 Å². The van der Waals surface area contributed by atoms with Crippen LogP contribution >= 0.6 is 0 Å². The fourth-order valence-electron chi connectivity index (χ4n) is 1.89. The highest BCUT2D eigenvalue weighted by atomic mass is 16.2. The van der Waals surface area contributed by atoms with Crippen molar-refractivity contribution in [3.8, 4) is 0 Å². The van der Waals surface area contributed by atoms with Crippen LogP contribution in [0.25, 0.3) is 6.08 Å². The Labute approximate surface area is 137 Å². The number of nitrogens with one attached hydrogen (secondary N) is 2. The van der Waals surface area contributed by atoms with E-state index in [-0.39, 0.29) is 0 Å². The molecule has 0 aromatic heterocycles. The zero-order valence-corrected chi connectivity index (χ0v) is 14.4. The molecule has 0 heterocycles. The van der Waals surface area contributed by atoms with E-state index in [1.165, 1.54) is 0 Å². The quantitative estimate of drug-likeness (QED) is 0.509. The van der Waals surface area contributed by atoms with Crippen LogP contribution in [0.2, 0.25) is 0 Å². The van der Waals surface area contributed by atoms with E-state index in [4.69, 9.17) is 0 Å². The number of amides is 2. The number of hydrogen-bond acceptors (Lipinski definition) is 3. The van der Waals surface area contributed by atoms with Crippen LogP contribution in [-0.2, 0) is 9.59 Å². The first-order valence-electron chi connectivity index (χ1n) is 7.66. The second-order valence-corrected chi connectivity index (χ2v) is 6.29. The summed E-state index contributed by atoms with van der Waals surface area (Å²) in [5, 5.41) is 6.46. The molecular weight excluding hydrogens is 290 g/mol. The maximum Gasteiger partial charge on any atom is 0.329 e. The smallest absolute Gasteiger partial charge is 0.329 e. The van der Waals surface area contributed by atoms with E-state index >= 15 is 0 Å². The first-order valence-corrected chi connectivity index (χ1v) is 7.66. The summed E-state index contributed by atoms with van der Waals surface area (Å²) >= 11 is 0. The molecule has 0 saturated carbocycles. The van der Waals surface area contributed by atoms with Gasteiger partial charge in [0.15, 0.2) is 0 Å². The molecule has 0 saturated heterocycles. The van der Waals surface area contributed by atoms with Gasteiger partial charge in [0.1, 0.15) is 0 Å². The number of benzene rings is 1. The molecule has 0 aliphatic rings. The van der Waals surface area contributed by atoms with E-state index in [2.05, 4.69) is 28.8 Å². The van der Waals surface area contributed by atoms with Gasteiger partial charge in [0.25, 0.3) is 0 Å². The van der Waals surface area contributed by atoms with E-state index in [0.29, 0.717) is 0 Å². The van der Waals surface area contributed by atoms with Crippen LogP contribution < -0.4 is 10.7 Å². The van der Waals surface area contributed by atoms with Crippen LogP contribution in [0.5, 0.6) is 0 Å².